The van der Waals surface area contributed by atoms with Gasteiger partial charge in [0, 0.05) is 24.2 Å². The number of hydrogen-bond acceptors (Lipinski definition) is 23. The molecule has 6 rings (SSSR count). The number of azo groups is 1. The minimum absolute atomic E-state index is 0. The van der Waals surface area contributed by atoms with Gasteiger partial charge in [-0.15, -0.1) is 10.2 Å². The summed E-state index contributed by atoms with van der Waals surface area (Å²) in [7, 11) is -10.5. The quantitative estimate of drug-likeness (QED) is 0.0262. The van der Waals surface area contributed by atoms with E-state index in [1.54, 1.807) is 4.90 Å². The Labute approximate surface area is 388 Å². The van der Waals surface area contributed by atoms with Gasteiger partial charge in [0.2, 0.25) is 17.8 Å². The van der Waals surface area contributed by atoms with Crippen LogP contribution in [0, 0.1) is 18.2 Å². The molecule has 3 heterocycles. The van der Waals surface area contributed by atoms with Crippen molar-refractivity contribution in [3.63, 3.8) is 0 Å². The zero-order valence-electron chi connectivity index (χ0n) is 29.2. The fraction of sp³-hybridized carbons (Fsp3) is 0.154. The van der Waals surface area contributed by atoms with Crippen LogP contribution in [0.1, 0.15) is 0 Å². The van der Waals surface area contributed by atoms with Crippen molar-refractivity contribution in [2.75, 3.05) is 41.8 Å². The molecule has 0 bridgehead atoms. The van der Waals surface area contributed by atoms with Gasteiger partial charge in [0.15, 0.2) is 5.75 Å². The molecule has 1 aliphatic heterocycles. The number of aromatic hydroxyl groups is 1. The molecule has 31 heteroatoms. The van der Waals surface area contributed by atoms with Crippen LogP contribution < -0.4 is 109 Å². The number of hydrogen-bond donors (Lipinski definition) is 3. The number of anilines is 5. The summed E-state index contributed by atoms with van der Waals surface area (Å²) in [4.78, 5) is 19.9. The third-order valence-corrected chi connectivity index (χ3v) is 9.33. The van der Waals surface area contributed by atoms with Gasteiger partial charge in [-0.2, -0.15) is 47.4 Å². The molecular formula is C26H17F3N11Na3O11S3. The number of benzene rings is 3. The molecule has 3 aromatic carbocycles. The van der Waals surface area contributed by atoms with Gasteiger partial charge in [-0.05, 0) is 41.8 Å². The second-order valence-corrected chi connectivity index (χ2v) is 13.9. The molecule has 0 spiro atoms. The number of halogens is 3. The van der Waals surface area contributed by atoms with Crippen molar-refractivity contribution in [3.05, 3.63) is 54.6 Å². The van der Waals surface area contributed by atoms with Gasteiger partial charge in [0.1, 0.15) is 31.6 Å². The number of fused-ring (bicyclic) bond motifs is 1. The Bertz CT molecular complexity index is 2510. The van der Waals surface area contributed by atoms with Crippen LogP contribution in [0.25, 0.3) is 10.8 Å². The Morgan fingerprint density at radius 1 is 0.825 bits per heavy atom. The van der Waals surface area contributed by atoms with Gasteiger partial charge in [0.05, 0.1) is 45.6 Å². The van der Waals surface area contributed by atoms with Gasteiger partial charge in [-0.25, -0.2) is 16.8 Å². The normalized spacial score (nSPS) is 13.1. The van der Waals surface area contributed by atoms with Crippen molar-refractivity contribution in [2.24, 2.45) is 10.2 Å². The van der Waals surface area contributed by atoms with Gasteiger partial charge in [0.25, 0.3) is 0 Å². The SMILES string of the molecule is O=S(=O)([O-])c1cc(Nc2nc(F)nc(N3CCOCC3)n2)c2c(O)c(N=Nc3cc(Nc4nc(F)nc(F)n4)ccc3S(=O)(=O)[O-])c(SOO[O-])cc2c1.[Na+].[Na+].[Na+]. The van der Waals surface area contributed by atoms with Crippen molar-refractivity contribution in [1.82, 2.24) is 29.9 Å². The average molecular weight is 882 g/mol. The summed E-state index contributed by atoms with van der Waals surface area (Å²) < 4.78 is 124. The molecule has 0 aliphatic carbocycles. The molecule has 22 nitrogen and oxygen atoms in total. The Morgan fingerprint density at radius 2 is 1.46 bits per heavy atom. The van der Waals surface area contributed by atoms with Gasteiger partial charge in [-0.1, -0.05) is 0 Å². The molecule has 284 valence electrons. The van der Waals surface area contributed by atoms with Crippen LogP contribution in [0.5, 0.6) is 5.75 Å². The van der Waals surface area contributed by atoms with Crippen LogP contribution in [-0.4, -0.2) is 87.3 Å². The topological polar surface area (TPSA) is 315 Å². The van der Waals surface area contributed by atoms with E-state index in [1.807, 2.05) is 0 Å². The predicted molar refractivity (Wildman–Crippen MR) is 169 cm³/mol. The Kier molecular flexibility index (Phi) is 17.7. The van der Waals surface area contributed by atoms with Crippen LogP contribution in [0.3, 0.4) is 0 Å². The Balaban J connectivity index is 0.00000290. The van der Waals surface area contributed by atoms with Crippen LogP contribution in [0.4, 0.5) is 53.8 Å². The molecule has 1 saturated heterocycles. The summed E-state index contributed by atoms with van der Waals surface area (Å²) in [5.41, 5.74) is -1.96. The summed E-state index contributed by atoms with van der Waals surface area (Å²) in [6.07, 6.45) is -4.27. The van der Waals surface area contributed by atoms with Crippen LogP contribution in [0.15, 0.2) is 61.3 Å². The van der Waals surface area contributed by atoms with E-state index in [0.717, 1.165) is 36.4 Å². The van der Waals surface area contributed by atoms with E-state index >= 15 is 0 Å². The van der Waals surface area contributed by atoms with Gasteiger partial charge >= 0.3 is 107 Å². The second-order valence-electron chi connectivity index (χ2n) is 10.4. The zero-order valence-corrected chi connectivity index (χ0v) is 37.7. The molecule has 0 atom stereocenters. The molecule has 1 aliphatic rings. The summed E-state index contributed by atoms with van der Waals surface area (Å²) in [5.74, 6) is -2.23. The number of ether oxygens (including phenoxy) is 1. The zero-order chi connectivity index (χ0) is 38.8. The van der Waals surface area contributed by atoms with Crippen molar-refractivity contribution in [1.29, 1.82) is 0 Å². The number of nitrogens with zero attached hydrogens (tertiary/aromatic N) is 9. The molecule has 57 heavy (non-hydrogen) atoms. The van der Waals surface area contributed by atoms with Gasteiger partial charge in [-0.3, -0.25) is 5.04 Å². The first-order chi connectivity index (χ1) is 25.6. The smallest absolute Gasteiger partial charge is 0.744 e. The first-order valence-corrected chi connectivity index (χ1v) is 17.9. The molecule has 1 fully saturated rings. The molecule has 5 aromatic rings. The van der Waals surface area contributed by atoms with E-state index in [4.69, 9.17) is 4.74 Å². The molecule has 0 unspecified atom stereocenters. The maximum Gasteiger partial charge on any atom is 1.00 e. The largest absolute Gasteiger partial charge is 1.00 e. The summed E-state index contributed by atoms with van der Waals surface area (Å²) in [6.45, 7) is 1.12. The number of morpholine rings is 1. The first kappa shape index (κ1) is 48.9. The monoisotopic (exact) mass is 881 g/mol. The molecule has 3 N–H and O–H groups in total. The number of rotatable bonds is 12. The van der Waals surface area contributed by atoms with Crippen molar-refractivity contribution in [3.8, 4) is 5.75 Å². The van der Waals surface area contributed by atoms with Crippen LogP contribution in [0.2, 0.25) is 0 Å². The fourth-order valence-electron chi connectivity index (χ4n) is 4.83. The Hall–Kier alpha value is -2.46. The third kappa shape index (κ3) is 12.3. The predicted octanol–water partition coefficient (Wildman–Crippen LogP) is -6.88. The van der Waals surface area contributed by atoms with E-state index in [-0.39, 0.29) is 154 Å². The van der Waals surface area contributed by atoms with Crippen molar-refractivity contribution in [2.45, 2.75) is 14.7 Å². The fourth-order valence-corrected chi connectivity index (χ4v) is 6.45. The Morgan fingerprint density at radius 3 is 2.07 bits per heavy atom. The van der Waals surface area contributed by atoms with E-state index in [1.165, 1.54) is 0 Å². The number of aromatic nitrogens is 6. The molecule has 0 saturated carbocycles. The third-order valence-electron chi connectivity index (χ3n) is 7.02. The number of phenolic OH excluding ortho intramolecular Hbond substituents is 1. The standard InChI is InChI=1S/C26H20F3N11O11S3.3Na/c27-21-32-22(28)34-24(33-21)30-12-1-2-17(54(46,47)48)14(9-12)38-39-19-16(52-51-50-42)8-11-7-13(53(43,44)45)10-15(18(11)20(19)41)31-25-35-23(29)36-26(37-25)40-3-5-49-6-4-40;;;/h1-2,7-10,41-42H,3-6H2,(H,43,44,45)(H,46,47,48)(H,30,32,33,34)(H,31,35,36,37);;;/q;3*+1/p-3. The molecule has 2 aromatic heterocycles. The average Bonchev–Trinajstić information content (AvgIpc) is 3.09. The number of phenols is 1. The molecule has 0 radical (unpaired) electrons. The minimum Gasteiger partial charge on any atom is -0.744 e. The minimum atomic E-state index is -5.29. The van der Waals surface area contributed by atoms with Crippen LogP contribution in [-0.2, 0) is 34.3 Å². The van der Waals surface area contributed by atoms with E-state index in [0.29, 0.717) is 0 Å². The van der Waals surface area contributed by atoms with Crippen molar-refractivity contribution < 1.29 is 152 Å². The number of nitrogens with one attached hydrogen (secondary N) is 2. The van der Waals surface area contributed by atoms with Crippen molar-refractivity contribution >= 4 is 83.6 Å². The van der Waals surface area contributed by atoms with E-state index in [9.17, 15) is 49.5 Å². The molecule has 0 amide bonds. The summed E-state index contributed by atoms with van der Waals surface area (Å²) in [5, 5.41) is 37.5. The van der Waals surface area contributed by atoms with Crippen LogP contribution >= 0.6 is 12.0 Å². The van der Waals surface area contributed by atoms with Gasteiger partial charge < -0.3 is 39.7 Å². The van der Waals surface area contributed by atoms with E-state index < -0.39 is 83.0 Å². The van der Waals surface area contributed by atoms with E-state index in [2.05, 4.69) is 60.1 Å². The molecular weight excluding hydrogens is 865 g/mol. The second kappa shape index (κ2) is 20.7. The summed E-state index contributed by atoms with van der Waals surface area (Å²) in [6, 6.07) is 5.23. The maximum absolute atomic E-state index is 14.6. The summed E-state index contributed by atoms with van der Waals surface area (Å²) >= 11 is 0.0909. The first-order valence-electron chi connectivity index (χ1n) is 14.4. The maximum atomic E-state index is 14.6.